The number of nitrogens with one attached hydrogen (secondary N) is 1. The van der Waals surface area contributed by atoms with Gasteiger partial charge in [0.25, 0.3) is 0 Å². The zero-order valence-electron chi connectivity index (χ0n) is 17.1. The van der Waals surface area contributed by atoms with Gasteiger partial charge in [-0.3, -0.25) is 4.79 Å². The van der Waals surface area contributed by atoms with Gasteiger partial charge in [0.1, 0.15) is 0 Å². The third kappa shape index (κ3) is 6.18. The van der Waals surface area contributed by atoms with E-state index < -0.39 is 0 Å². The summed E-state index contributed by atoms with van der Waals surface area (Å²) in [6.45, 7) is 11.8. The van der Waals surface area contributed by atoms with Crippen LogP contribution >= 0.6 is 12.2 Å². The fourth-order valence-electron chi connectivity index (χ4n) is 3.61. The summed E-state index contributed by atoms with van der Waals surface area (Å²) < 4.78 is 5.51. The van der Waals surface area contributed by atoms with Crippen molar-refractivity contribution in [3.8, 4) is 0 Å². The Labute approximate surface area is 169 Å². The van der Waals surface area contributed by atoms with Gasteiger partial charge in [0.15, 0.2) is 5.11 Å². The molecular formula is C21H33N3O2S. The van der Waals surface area contributed by atoms with Crippen LogP contribution < -0.4 is 5.32 Å². The van der Waals surface area contributed by atoms with Crippen LogP contribution in [0.4, 0.5) is 5.69 Å². The first-order valence-corrected chi connectivity index (χ1v) is 10.3. The van der Waals surface area contributed by atoms with Crippen molar-refractivity contribution in [1.82, 2.24) is 9.80 Å². The summed E-state index contributed by atoms with van der Waals surface area (Å²) in [6.07, 6.45) is 2.83. The minimum absolute atomic E-state index is 0.160. The number of amides is 1. The average Bonchev–Trinajstić information content (AvgIpc) is 2.65. The maximum absolute atomic E-state index is 11.6. The van der Waals surface area contributed by atoms with Crippen molar-refractivity contribution in [2.45, 2.75) is 53.0 Å². The van der Waals surface area contributed by atoms with Crippen LogP contribution in [-0.4, -0.2) is 59.7 Å². The molecule has 1 heterocycles. The number of hydrogen-bond acceptors (Lipinski definition) is 3. The Hall–Kier alpha value is -1.66. The Morgan fingerprint density at radius 1 is 1.30 bits per heavy atom. The van der Waals surface area contributed by atoms with E-state index in [0.717, 1.165) is 62.9 Å². The number of carbonyl (C=O) groups is 1. The molecule has 1 N–H and O–H groups in total. The highest BCUT2D eigenvalue weighted by Gasteiger charge is 2.27. The molecular weight excluding hydrogens is 358 g/mol. The summed E-state index contributed by atoms with van der Waals surface area (Å²) in [5, 5.41) is 4.26. The number of para-hydroxylation sites is 1. The molecule has 0 bridgehead atoms. The van der Waals surface area contributed by atoms with E-state index in [1.165, 1.54) is 11.1 Å². The summed E-state index contributed by atoms with van der Waals surface area (Å²) in [4.78, 5) is 15.9. The van der Waals surface area contributed by atoms with Crippen molar-refractivity contribution in [2.24, 2.45) is 0 Å². The normalized spacial score (nSPS) is 14.9. The van der Waals surface area contributed by atoms with E-state index in [2.05, 4.69) is 42.3 Å². The van der Waals surface area contributed by atoms with Gasteiger partial charge in [-0.2, -0.15) is 0 Å². The van der Waals surface area contributed by atoms with Gasteiger partial charge in [0.05, 0.1) is 0 Å². The van der Waals surface area contributed by atoms with Crippen molar-refractivity contribution in [3.05, 3.63) is 29.3 Å². The van der Waals surface area contributed by atoms with Crippen molar-refractivity contribution >= 4 is 28.9 Å². The minimum Gasteiger partial charge on any atom is -0.382 e. The lowest BCUT2D eigenvalue weighted by molar-refractivity contribution is -0.130. The molecule has 0 spiro atoms. The topological polar surface area (TPSA) is 44.8 Å². The lowest BCUT2D eigenvalue weighted by Crippen LogP contribution is -2.50. The van der Waals surface area contributed by atoms with Crippen LogP contribution in [0.3, 0.4) is 0 Å². The number of anilines is 1. The Bertz CT molecular complexity index is 622. The van der Waals surface area contributed by atoms with Crippen molar-refractivity contribution < 1.29 is 9.53 Å². The van der Waals surface area contributed by atoms with Crippen LogP contribution in [-0.2, 0) is 9.53 Å². The molecule has 5 nitrogen and oxygen atoms in total. The zero-order valence-corrected chi connectivity index (χ0v) is 17.9. The summed E-state index contributed by atoms with van der Waals surface area (Å²) in [5.74, 6) is 0.160. The van der Waals surface area contributed by atoms with Crippen LogP contribution in [0.5, 0.6) is 0 Å². The van der Waals surface area contributed by atoms with Gasteiger partial charge in [-0.15, -0.1) is 0 Å². The molecule has 150 valence electrons. The maximum atomic E-state index is 11.6. The molecule has 1 aliphatic rings. The van der Waals surface area contributed by atoms with Gasteiger partial charge in [-0.05, 0) is 63.4 Å². The van der Waals surface area contributed by atoms with Gasteiger partial charge in [0, 0.05) is 51.5 Å². The summed E-state index contributed by atoms with van der Waals surface area (Å²) in [6, 6.07) is 6.62. The number of thiocarbonyl (C=S) groups is 1. The first kappa shape index (κ1) is 21.6. The van der Waals surface area contributed by atoms with Crippen molar-refractivity contribution in [3.63, 3.8) is 0 Å². The molecule has 1 amide bonds. The number of benzene rings is 1. The third-order valence-electron chi connectivity index (χ3n) is 5.22. The molecule has 6 heteroatoms. The van der Waals surface area contributed by atoms with Crippen LogP contribution in [0.15, 0.2) is 18.2 Å². The van der Waals surface area contributed by atoms with Crippen LogP contribution in [0, 0.1) is 13.8 Å². The molecule has 0 saturated carbocycles. The fourth-order valence-corrected chi connectivity index (χ4v) is 3.96. The first-order chi connectivity index (χ1) is 12.9. The van der Waals surface area contributed by atoms with E-state index in [4.69, 9.17) is 17.0 Å². The monoisotopic (exact) mass is 391 g/mol. The van der Waals surface area contributed by atoms with E-state index in [0.29, 0.717) is 6.04 Å². The highest BCUT2D eigenvalue weighted by Crippen LogP contribution is 2.23. The number of likely N-dealkylation sites (tertiary alicyclic amines) is 1. The lowest BCUT2D eigenvalue weighted by Gasteiger charge is -2.40. The van der Waals surface area contributed by atoms with Crippen molar-refractivity contribution in [1.29, 1.82) is 0 Å². The second-order valence-corrected chi connectivity index (χ2v) is 7.56. The summed E-state index contributed by atoms with van der Waals surface area (Å²) in [5.41, 5.74) is 3.48. The smallest absolute Gasteiger partial charge is 0.219 e. The summed E-state index contributed by atoms with van der Waals surface area (Å²) >= 11 is 5.81. The number of carbonyl (C=O) groups excluding carboxylic acids is 1. The predicted molar refractivity (Wildman–Crippen MR) is 115 cm³/mol. The lowest BCUT2D eigenvalue weighted by atomic mass is 10.0. The molecule has 0 radical (unpaired) electrons. The van der Waals surface area contributed by atoms with E-state index in [1.807, 2.05) is 11.8 Å². The van der Waals surface area contributed by atoms with E-state index >= 15 is 0 Å². The Morgan fingerprint density at radius 3 is 2.48 bits per heavy atom. The van der Waals surface area contributed by atoms with Crippen LogP contribution in [0.25, 0.3) is 0 Å². The number of ether oxygens (including phenoxy) is 1. The van der Waals surface area contributed by atoms with Crippen LogP contribution in [0.1, 0.15) is 44.2 Å². The molecule has 1 aliphatic heterocycles. The molecule has 0 aromatic heterocycles. The molecule has 27 heavy (non-hydrogen) atoms. The predicted octanol–water partition coefficient (Wildman–Crippen LogP) is 3.74. The van der Waals surface area contributed by atoms with E-state index in [9.17, 15) is 4.79 Å². The maximum Gasteiger partial charge on any atom is 0.219 e. The summed E-state index contributed by atoms with van der Waals surface area (Å²) in [7, 11) is 0. The van der Waals surface area contributed by atoms with Gasteiger partial charge in [0.2, 0.25) is 5.91 Å². The largest absolute Gasteiger partial charge is 0.382 e. The Balaban J connectivity index is 2.07. The number of hydrogen-bond donors (Lipinski definition) is 1. The number of rotatable bonds is 7. The number of piperidine rings is 1. The molecule has 1 aromatic carbocycles. The second kappa shape index (κ2) is 10.6. The minimum atomic E-state index is 0.160. The van der Waals surface area contributed by atoms with Crippen molar-refractivity contribution in [2.75, 3.05) is 38.2 Å². The number of aryl methyl sites for hydroxylation is 2. The molecule has 2 rings (SSSR count). The highest BCUT2D eigenvalue weighted by molar-refractivity contribution is 7.80. The molecule has 1 fully saturated rings. The van der Waals surface area contributed by atoms with Gasteiger partial charge < -0.3 is 19.9 Å². The quantitative estimate of drug-likeness (QED) is 0.567. The van der Waals surface area contributed by atoms with Gasteiger partial charge in [-0.25, -0.2) is 0 Å². The molecule has 1 aromatic rings. The zero-order chi connectivity index (χ0) is 19.8. The molecule has 0 aliphatic carbocycles. The number of nitrogens with zero attached hydrogens (tertiary/aromatic N) is 2. The SMILES string of the molecule is CCOCCCN(C(=S)Nc1c(C)cccc1C)C1CCN(C(C)=O)CC1. The molecule has 0 atom stereocenters. The average molecular weight is 392 g/mol. The first-order valence-electron chi connectivity index (χ1n) is 9.91. The fraction of sp³-hybridized carbons (Fsp3) is 0.619. The van der Waals surface area contributed by atoms with E-state index in [1.54, 1.807) is 6.92 Å². The second-order valence-electron chi connectivity index (χ2n) is 7.18. The third-order valence-corrected chi connectivity index (χ3v) is 5.55. The standard InChI is InChI=1S/C21H33N3O2S/c1-5-26-15-7-12-24(19-10-13-23(14-11-19)18(4)25)21(27)22-20-16(2)8-6-9-17(20)3/h6,8-9,19H,5,7,10-15H2,1-4H3,(H,22,27). The molecule has 1 saturated heterocycles. The molecule has 0 unspecified atom stereocenters. The Morgan fingerprint density at radius 2 is 1.93 bits per heavy atom. The Kier molecular flexibility index (Phi) is 8.51. The van der Waals surface area contributed by atoms with Gasteiger partial charge >= 0.3 is 0 Å². The highest BCUT2D eigenvalue weighted by atomic mass is 32.1. The van der Waals surface area contributed by atoms with Gasteiger partial charge in [-0.1, -0.05) is 18.2 Å². The van der Waals surface area contributed by atoms with E-state index in [-0.39, 0.29) is 5.91 Å². The van der Waals surface area contributed by atoms with Crippen LogP contribution in [0.2, 0.25) is 0 Å².